The van der Waals surface area contributed by atoms with E-state index >= 15 is 0 Å². The van der Waals surface area contributed by atoms with Gasteiger partial charge in [0.1, 0.15) is 11.4 Å². The van der Waals surface area contributed by atoms with Crippen LogP contribution in [0.1, 0.15) is 53.4 Å². The number of hydrazine groups is 1. The molecule has 2 aromatic rings. The number of aromatic carboxylic acids is 1. The summed E-state index contributed by atoms with van der Waals surface area (Å²) in [4.78, 5) is 62.3. The molecule has 12 nitrogen and oxygen atoms in total. The molecule has 6 N–H and O–H groups in total. The fourth-order valence-corrected chi connectivity index (χ4v) is 3.89. The van der Waals surface area contributed by atoms with Gasteiger partial charge in [-0.15, -0.1) is 0 Å². The van der Waals surface area contributed by atoms with Crippen molar-refractivity contribution in [2.24, 2.45) is 5.73 Å². The van der Waals surface area contributed by atoms with Gasteiger partial charge in [-0.3, -0.25) is 19.8 Å². The number of aliphatic carboxylic acids is 1. The third-order valence-corrected chi connectivity index (χ3v) is 5.66. The van der Waals surface area contributed by atoms with Gasteiger partial charge in [0, 0.05) is 12.5 Å². The predicted molar refractivity (Wildman–Crippen MR) is 121 cm³/mol. The lowest BCUT2D eigenvalue weighted by Gasteiger charge is -2.35. The highest BCUT2D eigenvalue weighted by Crippen LogP contribution is 2.35. The van der Waals surface area contributed by atoms with Crippen LogP contribution >= 0.6 is 0 Å². The molecule has 2 aromatic carbocycles. The maximum absolute atomic E-state index is 13.5. The normalized spacial score (nSPS) is 18.1. The highest BCUT2D eigenvalue weighted by atomic mass is 16.4. The lowest BCUT2D eigenvalue weighted by molar-refractivity contribution is -0.162. The average molecular weight is 481 g/mol. The molecule has 0 unspecified atom stereocenters. The lowest BCUT2D eigenvalue weighted by Crippen LogP contribution is -2.52. The Bertz CT molecular complexity index is 1240. The van der Waals surface area contributed by atoms with Gasteiger partial charge in [-0.2, -0.15) is 5.01 Å². The summed E-state index contributed by atoms with van der Waals surface area (Å²) < 4.78 is 0. The molecule has 0 spiro atoms. The number of hydrogen-bond donors (Lipinski definition) is 5. The summed E-state index contributed by atoms with van der Waals surface area (Å²) in [6.45, 7) is 2.49. The molecule has 35 heavy (non-hydrogen) atoms. The SMILES string of the molecule is CC(=O)N([C@H](CC(=O)O)c1cccc(C(=O)O)c1)N1C(=O)N[C@](C)(c2ccc(C(=N)N)cc2)C1=O. The number of carbonyl (C=O) groups excluding carboxylic acids is 3. The molecule has 0 aromatic heterocycles. The summed E-state index contributed by atoms with van der Waals surface area (Å²) in [6, 6.07) is 8.93. The number of nitrogen functional groups attached to an aromatic ring is 1. The predicted octanol–water partition coefficient (Wildman–Crippen LogP) is 1.42. The first kappa shape index (κ1) is 24.9. The van der Waals surface area contributed by atoms with E-state index in [-0.39, 0.29) is 17.0 Å². The molecule has 0 radical (unpaired) electrons. The van der Waals surface area contributed by atoms with Crippen LogP contribution in [-0.2, 0) is 19.9 Å². The van der Waals surface area contributed by atoms with Gasteiger partial charge >= 0.3 is 18.0 Å². The number of amidine groups is 1. The van der Waals surface area contributed by atoms with Gasteiger partial charge in [-0.1, -0.05) is 36.4 Å². The quantitative estimate of drug-likeness (QED) is 0.212. The molecule has 1 fully saturated rings. The molecule has 0 saturated carbocycles. The van der Waals surface area contributed by atoms with Crippen LogP contribution < -0.4 is 11.1 Å². The minimum Gasteiger partial charge on any atom is -0.481 e. The monoisotopic (exact) mass is 481 g/mol. The van der Waals surface area contributed by atoms with Gasteiger partial charge in [0.25, 0.3) is 5.91 Å². The van der Waals surface area contributed by atoms with Crippen molar-refractivity contribution >= 4 is 35.6 Å². The second-order valence-corrected chi connectivity index (χ2v) is 8.07. The maximum Gasteiger partial charge on any atom is 0.344 e. The fraction of sp³-hybridized carbons (Fsp3) is 0.217. The first-order valence-electron chi connectivity index (χ1n) is 10.3. The number of carbonyl (C=O) groups is 5. The average Bonchev–Trinajstić information content (AvgIpc) is 3.02. The van der Waals surface area contributed by atoms with Crippen LogP contribution in [0.2, 0.25) is 0 Å². The van der Waals surface area contributed by atoms with E-state index in [2.05, 4.69) is 5.32 Å². The van der Waals surface area contributed by atoms with E-state index in [1.165, 1.54) is 55.5 Å². The molecular formula is C23H23N5O7. The number of carboxylic acid groups (broad SMARTS) is 2. The topological polar surface area (TPSA) is 194 Å². The zero-order chi connectivity index (χ0) is 26.1. The zero-order valence-electron chi connectivity index (χ0n) is 18.8. The van der Waals surface area contributed by atoms with Gasteiger partial charge in [0.15, 0.2) is 0 Å². The number of urea groups is 1. The van der Waals surface area contributed by atoms with Crippen molar-refractivity contribution in [3.63, 3.8) is 0 Å². The van der Waals surface area contributed by atoms with Crippen molar-refractivity contribution in [2.45, 2.75) is 31.8 Å². The highest BCUT2D eigenvalue weighted by molar-refractivity contribution is 6.08. The van der Waals surface area contributed by atoms with Gasteiger partial charge in [0.05, 0.1) is 18.0 Å². The van der Waals surface area contributed by atoms with Crippen molar-refractivity contribution in [2.75, 3.05) is 0 Å². The molecule has 182 valence electrons. The fourth-order valence-electron chi connectivity index (χ4n) is 3.89. The largest absolute Gasteiger partial charge is 0.481 e. The van der Waals surface area contributed by atoms with E-state index in [0.29, 0.717) is 16.1 Å². The molecule has 1 aliphatic rings. The molecule has 3 rings (SSSR count). The Balaban J connectivity index is 2.08. The Labute approximate surface area is 199 Å². The molecule has 12 heteroatoms. The number of hydrogen-bond acceptors (Lipinski definition) is 6. The van der Waals surface area contributed by atoms with E-state index in [4.69, 9.17) is 11.1 Å². The summed E-state index contributed by atoms with van der Waals surface area (Å²) in [5, 5.41) is 30.1. The molecule has 1 heterocycles. The van der Waals surface area contributed by atoms with Gasteiger partial charge in [-0.05, 0) is 30.2 Å². The number of imide groups is 1. The molecular weight excluding hydrogens is 458 g/mol. The second kappa shape index (κ2) is 9.25. The number of nitrogens with two attached hydrogens (primary N) is 1. The Morgan fingerprint density at radius 2 is 1.74 bits per heavy atom. The van der Waals surface area contributed by atoms with Gasteiger partial charge < -0.3 is 21.3 Å². The van der Waals surface area contributed by atoms with E-state index in [1.807, 2.05) is 0 Å². The van der Waals surface area contributed by atoms with Crippen LogP contribution in [0.3, 0.4) is 0 Å². The number of benzene rings is 2. The lowest BCUT2D eigenvalue weighted by atomic mass is 9.91. The molecule has 0 aliphatic carbocycles. The van der Waals surface area contributed by atoms with E-state index in [0.717, 1.165) is 11.9 Å². The van der Waals surface area contributed by atoms with Crippen molar-refractivity contribution < 1.29 is 34.2 Å². The molecule has 0 bridgehead atoms. The number of nitrogens with one attached hydrogen (secondary N) is 2. The maximum atomic E-state index is 13.5. The van der Waals surface area contributed by atoms with Gasteiger partial charge in [-0.25, -0.2) is 14.6 Å². The number of carboxylic acids is 2. The van der Waals surface area contributed by atoms with Crippen LogP contribution in [0.4, 0.5) is 4.79 Å². The van der Waals surface area contributed by atoms with Crippen LogP contribution in [0.15, 0.2) is 48.5 Å². The highest BCUT2D eigenvalue weighted by Gasteiger charge is 2.53. The number of amides is 4. The smallest absolute Gasteiger partial charge is 0.344 e. The van der Waals surface area contributed by atoms with Crippen molar-refractivity contribution in [3.8, 4) is 0 Å². The Morgan fingerprint density at radius 3 is 2.26 bits per heavy atom. The Kier molecular flexibility index (Phi) is 6.58. The summed E-state index contributed by atoms with van der Waals surface area (Å²) >= 11 is 0. The number of nitrogens with zero attached hydrogens (tertiary/aromatic N) is 2. The van der Waals surface area contributed by atoms with Crippen molar-refractivity contribution in [1.82, 2.24) is 15.3 Å². The first-order chi connectivity index (χ1) is 16.4. The summed E-state index contributed by atoms with van der Waals surface area (Å²) in [5.74, 6) is -4.45. The molecule has 2 atom stereocenters. The van der Waals surface area contributed by atoms with E-state index < -0.39 is 47.8 Å². The molecule has 4 amide bonds. The Hall–Kier alpha value is -4.74. The standard InChI is InChI=1S/C23H23N5O7/c1-12(29)27(17(11-18(30)31)14-4-3-5-15(10-14)20(32)33)28-21(34)23(2,26-22(28)35)16-8-6-13(7-9-16)19(24)25/h3-10,17H,11H2,1-2H3,(H3,24,25)(H,26,35)(H,30,31)(H,32,33)/t17-,23-/m1/s1. The van der Waals surface area contributed by atoms with Crippen LogP contribution in [-0.4, -0.2) is 55.9 Å². The summed E-state index contributed by atoms with van der Waals surface area (Å²) in [5.41, 5.74) is 4.54. The molecule has 1 aliphatic heterocycles. The zero-order valence-corrected chi connectivity index (χ0v) is 18.8. The van der Waals surface area contributed by atoms with Crippen molar-refractivity contribution in [3.05, 3.63) is 70.8 Å². The Morgan fingerprint density at radius 1 is 1.11 bits per heavy atom. The van der Waals surface area contributed by atoms with Crippen LogP contribution in [0.5, 0.6) is 0 Å². The van der Waals surface area contributed by atoms with E-state index in [9.17, 15) is 34.2 Å². The third kappa shape index (κ3) is 4.67. The summed E-state index contributed by atoms with van der Waals surface area (Å²) in [7, 11) is 0. The second-order valence-electron chi connectivity index (χ2n) is 8.07. The summed E-state index contributed by atoms with van der Waals surface area (Å²) in [6.07, 6.45) is -0.705. The first-order valence-corrected chi connectivity index (χ1v) is 10.3. The number of rotatable bonds is 8. The van der Waals surface area contributed by atoms with Crippen LogP contribution in [0.25, 0.3) is 0 Å². The third-order valence-electron chi connectivity index (χ3n) is 5.66. The molecule has 1 saturated heterocycles. The van der Waals surface area contributed by atoms with Crippen LogP contribution in [0, 0.1) is 5.41 Å². The van der Waals surface area contributed by atoms with Crippen molar-refractivity contribution in [1.29, 1.82) is 5.41 Å². The van der Waals surface area contributed by atoms with E-state index in [1.54, 1.807) is 0 Å². The minimum atomic E-state index is -1.61. The minimum absolute atomic E-state index is 0.113. The van der Waals surface area contributed by atoms with Gasteiger partial charge in [0.2, 0.25) is 5.91 Å².